The maximum Gasteiger partial charge on any atom is 0.443 e. The lowest BCUT2D eigenvalue weighted by molar-refractivity contribution is -0.145. The predicted octanol–water partition coefficient (Wildman–Crippen LogP) is -1.12. The molecule has 1 rings (SSSR count). The zero-order chi connectivity index (χ0) is 14.4. The van der Waals surface area contributed by atoms with Crippen LogP contribution in [0, 0.1) is 0 Å². The van der Waals surface area contributed by atoms with E-state index in [1.807, 2.05) is 0 Å². The molecular formula is C10H16N4O5. The normalized spacial score (nSPS) is 11.9. The SMILES string of the molecule is COC(=O)C(CCCn1c(N)noc1=O)NC(C)=O. The van der Waals surface area contributed by atoms with Gasteiger partial charge < -0.3 is 15.8 Å². The molecule has 1 unspecified atom stereocenters. The van der Waals surface area contributed by atoms with Crippen molar-refractivity contribution in [2.24, 2.45) is 0 Å². The Morgan fingerprint density at radius 2 is 2.26 bits per heavy atom. The number of carbonyl (C=O) groups excluding carboxylic acids is 2. The van der Waals surface area contributed by atoms with Gasteiger partial charge in [0.1, 0.15) is 6.04 Å². The Labute approximate surface area is 108 Å². The van der Waals surface area contributed by atoms with Crippen LogP contribution in [-0.2, 0) is 20.9 Å². The maximum absolute atomic E-state index is 11.4. The molecule has 0 spiro atoms. The van der Waals surface area contributed by atoms with E-state index in [0.29, 0.717) is 12.8 Å². The van der Waals surface area contributed by atoms with Gasteiger partial charge in [-0.05, 0) is 18.0 Å². The molecule has 1 amide bonds. The van der Waals surface area contributed by atoms with Crippen LogP contribution in [0.1, 0.15) is 19.8 Å². The molecule has 9 nitrogen and oxygen atoms in total. The Balaban J connectivity index is 2.55. The first kappa shape index (κ1) is 14.7. The molecule has 0 bridgehead atoms. The monoisotopic (exact) mass is 272 g/mol. The van der Waals surface area contributed by atoms with Gasteiger partial charge in [0.05, 0.1) is 7.11 Å². The molecule has 0 fully saturated rings. The third-order valence-corrected chi connectivity index (χ3v) is 2.45. The fourth-order valence-corrected chi connectivity index (χ4v) is 1.57. The largest absolute Gasteiger partial charge is 0.467 e. The predicted molar refractivity (Wildman–Crippen MR) is 64.0 cm³/mol. The molecule has 1 aromatic heterocycles. The average molecular weight is 272 g/mol. The van der Waals surface area contributed by atoms with Crippen LogP contribution >= 0.6 is 0 Å². The molecule has 0 radical (unpaired) electrons. The number of nitrogen functional groups attached to an aromatic ring is 1. The topological polar surface area (TPSA) is 129 Å². The smallest absolute Gasteiger partial charge is 0.443 e. The summed E-state index contributed by atoms with van der Waals surface area (Å²) in [7, 11) is 1.24. The van der Waals surface area contributed by atoms with Gasteiger partial charge in [-0.15, -0.1) is 0 Å². The molecule has 0 aliphatic rings. The van der Waals surface area contributed by atoms with Crippen LogP contribution in [0.4, 0.5) is 5.95 Å². The summed E-state index contributed by atoms with van der Waals surface area (Å²) >= 11 is 0. The van der Waals surface area contributed by atoms with E-state index >= 15 is 0 Å². The molecule has 19 heavy (non-hydrogen) atoms. The van der Waals surface area contributed by atoms with Gasteiger partial charge in [-0.25, -0.2) is 14.2 Å². The summed E-state index contributed by atoms with van der Waals surface area (Å²) in [6.07, 6.45) is 0.731. The van der Waals surface area contributed by atoms with Gasteiger partial charge in [0.2, 0.25) is 11.9 Å². The van der Waals surface area contributed by atoms with Gasteiger partial charge >= 0.3 is 11.7 Å². The summed E-state index contributed by atoms with van der Waals surface area (Å²) in [5, 5.41) is 5.77. The van der Waals surface area contributed by atoms with Gasteiger partial charge in [-0.2, -0.15) is 0 Å². The van der Waals surface area contributed by atoms with Crippen LogP contribution in [0.5, 0.6) is 0 Å². The second-order valence-corrected chi connectivity index (χ2v) is 3.88. The zero-order valence-corrected chi connectivity index (χ0v) is 10.7. The molecule has 1 aromatic rings. The van der Waals surface area contributed by atoms with Gasteiger partial charge in [-0.1, -0.05) is 0 Å². The summed E-state index contributed by atoms with van der Waals surface area (Å²) in [4.78, 5) is 33.5. The van der Waals surface area contributed by atoms with E-state index in [-0.39, 0.29) is 18.4 Å². The Bertz CT molecular complexity index is 506. The number of hydrogen-bond acceptors (Lipinski definition) is 7. The first-order valence-corrected chi connectivity index (χ1v) is 5.62. The molecule has 106 valence electrons. The van der Waals surface area contributed by atoms with E-state index in [1.165, 1.54) is 14.0 Å². The Kier molecular flexibility index (Phi) is 5.10. The number of esters is 1. The van der Waals surface area contributed by atoms with E-state index in [0.717, 1.165) is 4.57 Å². The fourth-order valence-electron chi connectivity index (χ4n) is 1.57. The summed E-state index contributed by atoms with van der Waals surface area (Å²) in [6.45, 7) is 1.54. The summed E-state index contributed by atoms with van der Waals surface area (Å²) in [5.41, 5.74) is 5.42. The molecule has 1 heterocycles. The van der Waals surface area contributed by atoms with Crippen molar-refractivity contribution < 1.29 is 18.8 Å². The van der Waals surface area contributed by atoms with Crippen molar-refractivity contribution in [3.05, 3.63) is 10.6 Å². The number of ether oxygens (including phenoxy) is 1. The molecule has 1 atom stereocenters. The third kappa shape index (κ3) is 4.12. The molecule has 0 aliphatic carbocycles. The van der Waals surface area contributed by atoms with Crippen molar-refractivity contribution in [1.82, 2.24) is 15.0 Å². The second kappa shape index (κ2) is 6.57. The van der Waals surface area contributed by atoms with E-state index in [1.54, 1.807) is 0 Å². The lowest BCUT2D eigenvalue weighted by Gasteiger charge is -2.15. The molecule has 3 N–H and O–H groups in total. The number of nitrogens with one attached hydrogen (secondary N) is 1. The van der Waals surface area contributed by atoms with Gasteiger partial charge in [0, 0.05) is 13.5 Å². The average Bonchev–Trinajstić information content (AvgIpc) is 2.67. The van der Waals surface area contributed by atoms with E-state index in [9.17, 15) is 14.4 Å². The van der Waals surface area contributed by atoms with Crippen LogP contribution in [-0.4, -0.2) is 34.8 Å². The number of nitrogens with two attached hydrogens (primary N) is 1. The van der Waals surface area contributed by atoms with Crippen LogP contribution in [0.2, 0.25) is 0 Å². The zero-order valence-electron chi connectivity index (χ0n) is 10.7. The first-order chi connectivity index (χ1) is 8.95. The number of nitrogens with zero attached hydrogens (tertiary/aromatic N) is 2. The number of methoxy groups -OCH3 is 1. The van der Waals surface area contributed by atoms with Gasteiger partial charge in [-0.3, -0.25) is 9.32 Å². The van der Waals surface area contributed by atoms with Gasteiger partial charge in [0.15, 0.2) is 0 Å². The van der Waals surface area contributed by atoms with Crippen molar-refractivity contribution in [3.63, 3.8) is 0 Å². The summed E-state index contributed by atoms with van der Waals surface area (Å²) < 4.78 is 10.1. The standard InChI is InChI=1S/C10H16N4O5/c1-6(15)12-7(8(16)18-2)4-3-5-14-9(11)13-19-10(14)17/h7H,3-5H2,1-2H3,(H2,11,13)(H,12,15). The maximum atomic E-state index is 11.4. The number of anilines is 1. The number of hydrogen-bond donors (Lipinski definition) is 2. The van der Waals surface area contributed by atoms with Gasteiger partial charge in [0.25, 0.3) is 0 Å². The minimum Gasteiger partial charge on any atom is -0.467 e. The quantitative estimate of drug-likeness (QED) is 0.627. The summed E-state index contributed by atoms with van der Waals surface area (Å²) in [6, 6.07) is -0.751. The van der Waals surface area contributed by atoms with Crippen molar-refractivity contribution >= 4 is 17.8 Å². The van der Waals surface area contributed by atoms with Crippen molar-refractivity contribution in [1.29, 1.82) is 0 Å². The van der Waals surface area contributed by atoms with Crippen molar-refractivity contribution in [3.8, 4) is 0 Å². The number of aromatic nitrogens is 2. The number of carbonyl (C=O) groups is 2. The van der Waals surface area contributed by atoms with Crippen LogP contribution < -0.4 is 16.8 Å². The number of rotatable bonds is 6. The van der Waals surface area contributed by atoms with Crippen LogP contribution in [0.15, 0.2) is 9.32 Å². The third-order valence-electron chi connectivity index (χ3n) is 2.45. The van der Waals surface area contributed by atoms with E-state index in [2.05, 4.69) is 19.7 Å². The molecule has 0 aromatic carbocycles. The highest BCUT2D eigenvalue weighted by Gasteiger charge is 2.20. The van der Waals surface area contributed by atoms with Crippen LogP contribution in [0.3, 0.4) is 0 Å². The Hall–Kier alpha value is -2.32. The summed E-state index contributed by atoms with van der Waals surface area (Å²) in [5.74, 6) is -1.57. The highest BCUT2D eigenvalue weighted by Crippen LogP contribution is 2.03. The second-order valence-electron chi connectivity index (χ2n) is 3.88. The van der Waals surface area contributed by atoms with Crippen molar-refractivity contribution in [2.75, 3.05) is 12.8 Å². The van der Waals surface area contributed by atoms with Crippen LogP contribution in [0.25, 0.3) is 0 Å². The fraction of sp³-hybridized carbons (Fsp3) is 0.600. The first-order valence-electron chi connectivity index (χ1n) is 5.62. The lowest BCUT2D eigenvalue weighted by atomic mass is 10.1. The minimum atomic E-state index is -0.751. The Morgan fingerprint density at radius 1 is 1.58 bits per heavy atom. The Morgan fingerprint density at radius 3 is 2.74 bits per heavy atom. The van der Waals surface area contributed by atoms with E-state index in [4.69, 9.17) is 5.73 Å². The lowest BCUT2D eigenvalue weighted by Crippen LogP contribution is -2.40. The molecule has 0 saturated heterocycles. The van der Waals surface area contributed by atoms with E-state index < -0.39 is 17.8 Å². The molecule has 0 saturated carbocycles. The number of amides is 1. The molecule has 9 heteroatoms. The minimum absolute atomic E-state index is 0.0286. The highest BCUT2D eigenvalue weighted by molar-refractivity contribution is 5.83. The van der Waals surface area contributed by atoms with Crippen molar-refractivity contribution in [2.45, 2.75) is 32.4 Å². The molecular weight excluding hydrogens is 256 g/mol. The molecule has 0 aliphatic heterocycles. The highest BCUT2D eigenvalue weighted by atomic mass is 16.5.